The molecule has 0 unspecified atom stereocenters. The SMILES string of the molecule is CCOC(=O)c1cccc(NC(=O)CNCC(=O)OCc2ccccc2)c1. The summed E-state index contributed by atoms with van der Waals surface area (Å²) < 4.78 is 10.0. The van der Waals surface area contributed by atoms with E-state index in [2.05, 4.69) is 10.6 Å². The minimum atomic E-state index is -0.451. The number of hydrogen-bond donors (Lipinski definition) is 2. The largest absolute Gasteiger partial charge is 0.462 e. The number of amides is 1. The number of benzene rings is 2. The van der Waals surface area contributed by atoms with Crippen LogP contribution in [0.25, 0.3) is 0 Å². The minimum absolute atomic E-state index is 0.0654. The molecule has 2 aromatic carbocycles. The first-order valence-electron chi connectivity index (χ1n) is 8.55. The quantitative estimate of drug-likeness (QED) is 0.657. The molecular formula is C20H22N2O5. The van der Waals surface area contributed by atoms with E-state index < -0.39 is 11.9 Å². The third-order valence-corrected chi connectivity index (χ3v) is 3.46. The van der Waals surface area contributed by atoms with E-state index in [0.717, 1.165) is 5.56 Å². The highest BCUT2D eigenvalue weighted by Crippen LogP contribution is 2.11. The van der Waals surface area contributed by atoms with Crippen LogP contribution < -0.4 is 10.6 Å². The first kappa shape index (κ1) is 20.1. The van der Waals surface area contributed by atoms with Crippen molar-refractivity contribution in [2.45, 2.75) is 13.5 Å². The maximum atomic E-state index is 11.9. The van der Waals surface area contributed by atoms with E-state index in [1.807, 2.05) is 30.3 Å². The van der Waals surface area contributed by atoms with Crippen molar-refractivity contribution in [3.05, 3.63) is 65.7 Å². The third kappa shape index (κ3) is 7.29. The van der Waals surface area contributed by atoms with E-state index in [1.165, 1.54) is 6.07 Å². The van der Waals surface area contributed by atoms with Gasteiger partial charge < -0.3 is 14.8 Å². The number of hydrogen-bond acceptors (Lipinski definition) is 6. The molecule has 0 bridgehead atoms. The van der Waals surface area contributed by atoms with E-state index in [0.29, 0.717) is 11.3 Å². The van der Waals surface area contributed by atoms with Gasteiger partial charge >= 0.3 is 11.9 Å². The summed E-state index contributed by atoms with van der Waals surface area (Å²) in [4.78, 5) is 35.3. The van der Waals surface area contributed by atoms with Gasteiger partial charge in [0.25, 0.3) is 0 Å². The Balaban J connectivity index is 1.70. The molecule has 0 heterocycles. The monoisotopic (exact) mass is 370 g/mol. The van der Waals surface area contributed by atoms with Gasteiger partial charge in [0.05, 0.1) is 25.3 Å². The number of rotatable bonds is 9. The standard InChI is InChI=1S/C20H22N2O5/c1-2-26-20(25)16-9-6-10-17(11-16)22-18(23)12-21-13-19(24)27-14-15-7-4-3-5-8-15/h3-11,21H,2,12-14H2,1H3,(H,22,23). The first-order chi connectivity index (χ1) is 13.1. The molecule has 0 saturated carbocycles. The highest BCUT2D eigenvalue weighted by Gasteiger charge is 2.09. The van der Waals surface area contributed by atoms with Crippen molar-refractivity contribution >= 4 is 23.5 Å². The number of carbonyl (C=O) groups excluding carboxylic acids is 3. The Labute approximate surface area is 157 Å². The molecule has 2 N–H and O–H groups in total. The van der Waals surface area contributed by atoms with Crippen molar-refractivity contribution in [3.8, 4) is 0 Å². The average molecular weight is 370 g/mol. The van der Waals surface area contributed by atoms with Crippen molar-refractivity contribution in [2.24, 2.45) is 0 Å². The van der Waals surface area contributed by atoms with Crippen LogP contribution in [0, 0.1) is 0 Å². The molecule has 0 spiro atoms. The van der Waals surface area contributed by atoms with Crippen LogP contribution in [-0.2, 0) is 25.7 Å². The lowest BCUT2D eigenvalue weighted by Gasteiger charge is -2.08. The van der Waals surface area contributed by atoms with E-state index in [1.54, 1.807) is 25.1 Å². The zero-order valence-electron chi connectivity index (χ0n) is 15.1. The van der Waals surface area contributed by atoms with Crippen molar-refractivity contribution < 1.29 is 23.9 Å². The predicted molar refractivity (Wildman–Crippen MR) is 100 cm³/mol. The van der Waals surface area contributed by atoms with Crippen LogP contribution >= 0.6 is 0 Å². The Bertz CT molecular complexity index is 777. The van der Waals surface area contributed by atoms with Crippen LogP contribution in [0.2, 0.25) is 0 Å². The fourth-order valence-corrected chi connectivity index (χ4v) is 2.21. The number of nitrogens with one attached hydrogen (secondary N) is 2. The summed E-state index contributed by atoms with van der Waals surface area (Å²) in [5.41, 5.74) is 1.72. The van der Waals surface area contributed by atoms with Gasteiger partial charge in [0.15, 0.2) is 0 Å². The van der Waals surface area contributed by atoms with Crippen LogP contribution in [0.5, 0.6) is 0 Å². The lowest BCUT2D eigenvalue weighted by atomic mass is 10.2. The Morgan fingerprint density at radius 3 is 2.44 bits per heavy atom. The average Bonchev–Trinajstić information content (AvgIpc) is 2.67. The summed E-state index contributed by atoms with van der Waals surface area (Å²) >= 11 is 0. The van der Waals surface area contributed by atoms with Crippen molar-refractivity contribution in [3.63, 3.8) is 0 Å². The van der Waals surface area contributed by atoms with Crippen LogP contribution in [0.15, 0.2) is 54.6 Å². The fraction of sp³-hybridized carbons (Fsp3) is 0.250. The molecule has 0 atom stereocenters. The highest BCUT2D eigenvalue weighted by atomic mass is 16.5. The molecular weight excluding hydrogens is 348 g/mol. The van der Waals surface area contributed by atoms with E-state index in [4.69, 9.17) is 9.47 Å². The molecule has 7 heteroatoms. The van der Waals surface area contributed by atoms with Gasteiger partial charge in [0, 0.05) is 5.69 Å². The molecule has 7 nitrogen and oxygen atoms in total. The summed E-state index contributed by atoms with van der Waals surface area (Å²) in [5.74, 6) is -1.24. The summed E-state index contributed by atoms with van der Waals surface area (Å²) in [5, 5.41) is 5.37. The van der Waals surface area contributed by atoms with E-state index >= 15 is 0 Å². The van der Waals surface area contributed by atoms with Crippen molar-refractivity contribution in [2.75, 3.05) is 25.0 Å². The summed E-state index contributed by atoms with van der Waals surface area (Å²) in [6, 6.07) is 15.8. The van der Waals surface area contributed by atoms with Crippen molar-refractivity contribution in [1.82, 2.24) is 5.32 Å². The second-order valence-corrected chi connectivity index (χ2v) is 5.60. The summed E-state index contributed by atoms with van der Waals surface area (Å²) in [7, 11) is 0. The molecule has 0 saturated heterocycles. The van der Waals surface area contributed by atoms with Gasteiger partial charge in [-0.15, -0.1) is 0 Å². The topological polar surface area (TPSA) is 93.7 Å². The molecule has 2 aromatic rings. The number of carbonyl (C=O) groups is 3. The zero-order chi connectivity index (χ0) is 19.5. The first-order valence-corrected chi connectivity index (χ1v) is 8.55. The molecule has 142 valence electrons. The van der Waals surface area contributed by atoms with Crippen LogP contribution in [0.3, 0.4) is 0 Å². The van der Waals surface area contributed by atoms with Crippen LogP contribution in [-0.4, -0.2) is 37.5 Å². The molecule has 0 aromatic heterocycles. The van der Waals surface area contributed by atoms with E-state index in [-0.39, 0.29) is 32.2 Å². The Morgan fingerprint density at radius 2 is 1.70 bits per heavy atom. The smallest absolute Gasteiger partial charge is 0.338 e. The fourth-order valence-electron chi connectivity index (χ4n) is 2.21. The Hall–Kier alpha value is -3.19. The molecule has 0 radical (unpaired) electrons. The predicted octanol–water partition coefficient (Wildman–Crippen LogP) is 2.13. The van der Waals surface area contributed by atoms with Gasteiger partial charge in [-0.1, -0.05) is 36.4 Å². The molecule has 0 aliphatic heterocycles. The number of esters is 2. The Morgan fingerprint density at radius 1 is 0.926 bits per heavy atom. The normalized spacial score (nSPS) is 10.1. The second kappa shape index (κ2) is 10.7. The maximum Gasteiger partial charge on any atom is 0.338 e. The van der Waals surface area contributed by atoms with Crippen LogP contribution in [0.1, 0.15) is 22.8 Å². The molecule has 2 rings (SSSR count). The highest BCUT2D eigenvalue weighted by molar-refractivity contribution is 5.95. The van der Waals surface area contributed by atoms with Crippen LogP contribution in [0.4, 0.5) is 5.69 Å². The lowest BCUT2D eigenvalue weighted by molar-refractivity contribution is -0.143. The second-order valence-electron chi connectivity index (χ2n) is 5.60. The van der Waals surface area contributed by atoms with Crippen molar-refractivity contribution in [1.29, 1.82) is 0 Å². The van der Waals surface area contributed by atoms with E-state index in [9.17, 15) is 14.4 Å². The number of anilines is 1. The van der Waals surface area contributed by atoms with Gasteiger partial charge in [-0.3, -0.25) is 14.9 Å². The van der Waals surface area contributed by atoms with Gasteiger partial charge in [-0.05, 0) is 30.7 Å². The lowest BCUT2D eigenvalue weighted by Crippen LogP contribution is -2.32. The summed E-state index contributed by atoms with van der Waals surface area (Å²) in [6.45, 7) is 2.04. The minimum Gasteiger partial charge on any atom is -0.462 e. The molecule has 0 aliphatic carbocycles. The summed E-state index contributed by atoms with van der Waals surface area (Å²) in [6.07, 6.45) is 0. The Kier molecular flexibility index (Phi) is 7.99. The third-order valence-electron chi connectivity index (χ3n) is 3.46. The molecule has 0 fully saturated rings. The molecule has 0 aliphatic rings. The number of ether oxygens (including phenoxy) is 2. The molecule has 1 amide bonds. The van der Waals surface area contributed by atoms with Gasteiger partial charge in [0.2, 0.25) is 5.91 Å². The zero-order valence-corrected chi connectivity index (χ0v) is 15.1. The van der Waals surface area contributed by atoms with Gasteiger partial charge in [-0.2, -0.15) is 0 Å². The maximum absolute atomic E-state index is 11.9. The van der Waals surface area contributed by atoms with Gasteiger partial charge in [0.1, 0.15) is 6.61 Å². The van der Waals surface area contributed by atoms with Gasteiger partial charge in [-0.25, -0.2) is 4.79 Å². The molecule has 27 heavy (non-hydrogen) atoms.